The molecule has 0 N–H and O–H groups in total. The third-order valence-electron chi connectivity index (χ3n) is 6.11. The van der Waals surface area contributed by atoms with E-state index in [9.17, 15) is 4.79 Å². The first kappa shape index (κ1) is 19.4. The lowest BCUT2D eigenvalue weighted by Gasteiger charge is -2.32. The Bertz CT molecular complexity index is 1030. The first-order valence-electron chi connectivity index (χ1n) is 10.7. The van der Waals surface area contributed by atoms with Crippen LogP contribution in [0.15, 0.2) is 42.5 Å². The Kier molecular flexibility index (Phi) is 5.34. The normalized spacial score (nSPS) is 20.8. The first-order valence-corrected chi connectivity index (χ1v) is 11.5. The lowest BCUT2D eigenvalue weighted by molar-refractivity contribution is -0.136. The fraction of sp³-hybridized carbons (Fsp3) is 0.417. The summed E-state index contributed by atoms with van der Waals surface area (Å²) in [7, 11) is 1.91. The Hall–Kier alpha value is -2.60. The number of nitrogens with zero attached hydrogens (tertiary/aromatic N) is 2. The molecule has 1 amide bonds. The number of carbonyl (C=O) groups is 1. The number of hydrogen-bond acceptors (Lipinski definition) is 5. The van der Waals surface area contributed by atoms with Crippen LogP contribution in [0.4, 0.5) is 0 Å². The van der Waals surface area contributed by atoms with Crippen molar-refractivity contribution in [3.63, 3.8) is 0 Å². The van der Waals surface area contributed by atoms with Gasteiger partial charge >= 0.3 is 0 Å². The van der Waals surface area contributed by atoms with Crippen molar-refractivity contribution in [2.45, 2.75) is 38.1 Å². The summed E-state index contributed by atoms with van der Waals surface area (Å²) >= 11 is 1.74. The topological polar surface area (TPSA) is 51.7 Å². The van der Waals surface area contributed by atoms with E-state index in [1.807, 2.05) is 36.2 Å². The molecule has 2 aromatic carbocycles. The maximum atomic E-state index is 13.4. The van der Waals surface area contributed by atoms with Crippen molar-refractivity contribution < 1.29 is 14.3 Å². The fourth-order valence-corrected chi connectivity index (χ4v) is 5.76. The van der Waals surface area contributed by atoms with Crippen LogP contribution in [0, 0.1) is 5.92 Å². The SMILES string of the molecule is CN(Cc1ccc2c(c1)OCCO2)C(=O)C1CCCCC1c1nc2ccccc2s1. The molecule has 0 spiro atoms. The third kappa shape index (κ3) is 3.76. The quantitative estimate of drug-likeness (QED) is 0.594. The average molecular weight is 423 g/mol. The molecule has 1 aliphatic heterocycles. The van der Waals surface area contributed by atoms with Crippen molar-refractivity contribution in [3.05, 3.63) is 53.0 Å². The molecule has 6 heteroatoms. The molecule has 1 aliphatic carbocycles. The van der Waals surface area contributed by atoms with Gasteiger partial charge in [0.15, 0.2) is 11.5 Å². The van der Waals surface area contributed by atoms with Gasteiger partial charge in [-0.2, -0.15) is 0 Å². The van der Waals surface area contributed by atoms with Gasteiger partial charge in [-0.25, -0.2) is 4.98 Å². The van der Waals surface area contributed by atoms with Crippen LogP contribution in [0.25, 0.3) is 10.2 Å². The Labute approximate surface area is 180 Å². The van der Waals surface area contributed by atoms with E-state index >= 15 is 0 Å². The summed E-state index contributed by atoms with van der Waals surface area (Å²) in [6, 6.07) is 14.2. The van der Waals surface area contributed by atoms with E-state index in [1.165, 1.54) is 4.70 Å². The summed E-state index contributed by atoms with van der Waals surface area (Å²) < 4.78 is 12.5. The van der Waals surface area contributed by atoms with Gasteiger partial charge in [-0.15, -0.1) is 11.3 Å². The van der Waals surface area contributed by atoms with Gasteiger partial charge in [-0.1, -0.05) is 31.0 Å². The minimum absolute atomic E-state index is 0.00141. The molecule has 0 saturated heterocycles. The molecule has 30 heavy (non-hydrogen) atoms. The Morgan fingerprint density at radius 1 is 1.10 bits per heavy atom. The second-order valence-corrected chi connectivity index (χ2v) is 9.25. The number of thiazole rings is 1. The highest BCUT2D eigenvalue weighted by Gasteiger charge is 2.35. The summed E-state index contributed by atoms with van der Waals surface area (Å²) in [5, 5.41) is 1.11. The Morgan fingerprint density at radius 3 is 2.77 bits per heavy atom. The molecule has 156 valence electrons. The van der Waals surface area contributed by atoms with E-state index in [0.29, 0.717) is 19.8 Å². The van der Waals surface area contributed by atoms with E-state index in [0.717, 1.165) is 53.3 Å². The molecule has 0 radical (unpaired) electrons. The van der Waals surface area contributed by atoms with Crippen LogP contribution in [0.5, 0.6) is 11.5 Å². The molecule has 1 saturated carbocycles. The van der Waals surface area contributed by atoms with Gasteiger partial charge in [0.1, 0.15) is 13.2 Å². The summed E-state index contributed by atoms with van der Waals surface area (Å²) in [5.74, 6) is 1.98. The number of hydrogen-bond donors (Lipinski definition) is 0. The van der Waals surface area contributed by atoms with Crippen molar-refractivity contribution in [2.75, 3.05) is 20.3 Å². The smallest absolute Gasteiger partial charge is 0.226 e. The van der Waals surface area contributed by atoms with Crippen molar-refractivity contribution in [3.8, 4) is 11.5 Å². The standard InChI is InChI=1S/C24H26N2O3S/c1-26(15-16-10-11-20-21(14-16)29-13-12-28-20)24(27)18-7-3-2-6-17(18)23-25-19-8-4-5-9-22(19)30-23/h4-5,8-11,14,17-18H,2-3,6-7,12-13,15H2,1H3. The van der Waals surface area contributed by atoms with E-state index < -0.39 is 0 Å². The van der Waals surface area contributed by atoms with E-state index in [2.05, 4.69) is 18.2 Å². The first-order chi connectivity index (χ1) is 14.7. The molecule has 5 rings (SSSR count). The number of amides is 1. The van der Waals surface area contributed by atoms with Crippen LogP contribution in [-0.4, -0.2) is 36.1 Å². The molecular formula is C24H26N2O3S. The van der Waals surface area contributed by atoms with Crippen molar-refractivity contribution >= 4 is 27.5 Å². The molecule has 0 bridgehead atoms. The molecule has 1 aromatic heterocycles. The summed E-state index contributed by atoms with van der Waals surface area (Å²) in [5.41, 5.74) is 2.10. The monoisotopic (exact) mass is 422 g/mol. The molecule has 2 aliphatic rings. The zero-order valence-corrected chi connectivity index (χ0v) is 18.0. The largest absolute Gasteiger partial charge is 0.486 e. The highest BCUT2D eigenvalue weighted by molar-refractivity contribution is 7.18. The third-order valence-corrected chi connectivity index (χ3v) is 7.28. The van der Waals surface area contributed by atoms with Gasteiger partial charge < -0.3 is 14.4 Å². The number of carbonyl (C=O) groups excluding carboxylic acids is 1. The minimum Gasteiger partial charge on any atom is -0.486 e. The zero-order chi connectivity index (χ0) is 20.5. The van der Waals surface area contributed by atoms with Gasteiger partial charge in [0.05, 0.1) is 15.2 Å². The van der Waals surface area contributed by atoms with Crippen LogP contribution in [0.3, 0.4) is 0 Å². The zero-order valence-electron chi connectivity index (χ0n) is 17.2. The van der Waals surface area contributed by atoms with Gasteiger partial charge in [-0.3, -0.25) is 4.79 Å². The number of rotatable bonds is 4. The molecule has 2 heterocycles. The Morgan fingerprint density at radius 2 is 1.90 bits per heavy atom. The molecule has 2 atom stereocenters. The number of para-hydroxylation sites is 1. The predicted octanol–water partition coefficient (Wildman–Crippen LogP) is 5.00. The maximum absolute atomic E-state index is 13.4. The number of aromatic nitrogens is 1. The predicted molar refractivity (Wildman–Crippen MR) is 118 cm³/mol. The highest BCUT2D eigenvalue weighted by atomic mass is 32.1. The van der Waals surface area contributed by atoms with Gasteiger partial charge in [-0.05, 0) is 42.7 Å². The van der Waals surface area contributed by atoms with Crippen LogP contribution in [0.1, 0.15) is 42.2 Å². The van der Waals surface area contributed by atoms with Crippen LogP contribution in [-0.2, 0) is 11.3 Å². The summed E-state index contributed by atoms with van der Waals surface area (Å²) in [6.45, 7) is 1.72. The van der Waals surface area contributed by atoms with Crippen molar-refractivity contribution in [2.24, 2.45) is 5.92 Å². The van der Waals surface area contributed by atoms with E-state index in [-0.39, 0.29) is 17.7 Å². The van der Waals surface area contributed by atoms with Crippen LogP contribution >= 0.6 is 11.3 Å². The number of benzene rings is 2. The molecule has 5 nitrogen and oxygen atoms in total. The second-order valence-electron chi connectivity index (χ2n) is 8.19. The van der Waals surface area contributed by atoms with Crippen molar-refractivity contribution in [1.82, 2.24) is 9.88 Å². The van der Waals surface area contributed by atoms with Crippen LogP contribution < -0.4 is 9.47 Å². The summed E-state index contributed by atoms with van der Waals surface area (Å²) in [4.78, 5) is 20.2. The van der Waals surface area contributed by atoms with E-state index in [1.54, 1.807) is 11.3 Å². The number of ether oxygens (including phenoxy) is 2. The molecule has 3 aromatic rings. The number of fused-ring (bicyclic) bond motifs is 2. The van der Waals surface area contributed by atoms with E-state index in [4.69, 9.17) is 14.5 Å². The van der Waals surface area contributed by atoms with Crippen LogP contribution in [0.2, 0.25) is 0 Å². The molecule has 1 fully saturated rings. The lowest BCUT2D eigenvalue weighted by Crippen LogP contribution is -2.37. The minimum atomic E-state index is 0.00141. The van der Waals surface area contributed by atoms with Gasteiger partial charge in [0, 0.05) is 25.4 Å². The summed E-state index contributed by atoms with van der Waals surface area (Å²) in [6.07, 6.45) is 4.24. The highest BCUT2D eigenvalue weighted by Crippen LogP contribution is 2.41. The molecule has 2 unspecified atom stereocenters. The fourth-order valence-electron chi connectivity index (χ4n) is 4.59. The average Bonchev–Trinajstić information content (AvgIpc) is 3.22. The second kappa shape index (κ2) is 8.26. The van der Waals surface area contributed by atoms with Gasteiger partial charge in [0.2, 0.25) is 5.91 Å². The van der Waals surface area contributed by atoms with Gasteiger partial charge in [0.25, 0.3) is 0 Å². The maximum Gasteiger partial charge on any atom is 0.226 e. The Balaban J connectivity index is 1.34. The lowest BCUT2D eigenvalue weighted by atomic mass is 9.78. The van der Waals surface area contributed by atoms with Crippen molar-refractivity contribution in [1.29, 1.82) is 0 Å². The molecular weight excluding hydrogens is 396 g/mol.